The molecule has 0 radical (unpaired) electrons. The van der Waals surface area contributed by atoms with Gasteiger partial charge in [0.15, 0.2) is 0 Å². The number of hydrogen-bond donors (Lipinski definition) is 0. The highest BCUT2D eigenvalue weighted by molar-refractivity contribution is 9.10. The number of benzene rings is 1. The van der Waals surface area contributed by atoms with Crippen molar-refractivity contribution in [1.29, 1.82) is 0 Å². The molecule has 0 aliphatic carbocycles. The second kappa shape index (κ2) is 3.71. The molecule has 0 saturated carbocycles. The highest BCUT2D eigenvalue weighted by atomic mass is 79.9. The molecule has 0 bridgehead atoms. The summed E-state index contributed by atoms with van der Waals surface area (Å²) in [7, 11) is 1.60. The topological polar surface area (TPSA) is 35.0 Å². The number of fused-ring (bicyclic) bond motifs is 1. The lowest BCUT2D eigenvalue weighted by Crippen LogP contribution is -1.90. The molecule has 0 spiro atoms. The van der Waals surface area contributed by atoms with Gasteiger partial charge in [0, 0.05) is 4.47 Å². The normalized spacial score (nSPS) is 10.5. The quantitative estimate of drug-likeness (QED) is 0.801. The van der Waals surface area contributed by atoms with Crippen LogP contribution in [-0.2, 0) is 0 Å². The van der Waals surface area contributed by atoms with Crippen molar-refractivity contribution in [1.82, 2.24) is 10.2 Å². The molecular formula is C9H6BrClN2O. The molecular weight excluding hydrogens is 267 g/mol. The minimum absolute atomic E-state index is 0.541. The van der Waals surface area contributed by atoms with Crippen LogP contribution in [0.4, 0.5) is 0 Å². The van der Waals surface area contributed by atoms with Crippen molar-refractivity contribution in [2.75, 3.05) is 7.11 Å². The predicted molar refractivity (Wildman–Crippen MR) is 58.8 cm³/mol. The Hall–Kier alpha value is -0.870. The second-order valence-corrected chi connectivity index (χ2v) is 4.02. The molecule has 0 N–H and O–H groups in total. The van der Waals surface area contributed by atoms with Gasteiger partial charge in [0.2, 0.25) is 0 Å². The summed E-state index contributed by atoms with van der Waals surface area (Å²) in [5, 5.41) is 9.06. The van der Waals surface area contributed by atoms with Crippen molar-refractivity contribution in [3.63, 3.8) is 0 Å². The molecule has 0 aliphatic heterocycles. The fourth-order valence-corrected chi connectivity index (χ4v) is 1.91. The highest BCUT2D eigenvalue weighted by Gasteiger charge is 2.08. The van der Waals surface area contributed by atoms with Crippen molar-refractivity contribution >= 4 is 38.4 Å². The first kappa shape index (κ1) is 9.68. The number of ether oxygens (including phenoxy) is 1. The van der Waals surface area contributed by atoms with Gasteiger partial charge in [-0.2, -0.15) is 10.2 Å². The van der Waals surface area contributed by atoms with Crippen LogP contribution in [0.5, 0.6) is 5.75 Å². The number of nitrogens with zero attached hydrogens (tertiary/aromatic N) is 2. The number of halogens is 2. The van der Waals surface area contributed by atoms with Crippen molar-refractivity contribution < 1.29 is 4.74 Å². The van der Waals surface area contributed by atoms with Gasteiger partial charge in [0.25, 0.3) is 0 Å². The Kier molecular flexibility index (Phi) is 2.56. The van der Waals surface area contributed by atoms with Crippen LogP contribution in [0, 0.1) is 0 Å². The van der Waals surface area contributed by atoms with Gasteiger partial charge >= 0.3 is 0 Å². The summed E-state index contributed by atoms with van der Waals surface area (Å²) < 4.78 is 6.09. The van der Waals surface area contributed by atoms with E-state index in [9.17, 15) is 0 Å². The van der Waals surface area contributed by atoms with Crippen LogP contribution < -0.4 is 4.74 Å². The van der Waals surface area contributed by atoms with Crippen molar-refractivity contribution in [3.8, 4) is 5.75 Å². The van der Waals surface area contributed by atoms with Crippen LogP contribution >= 0.6 is 27.5 Å². The monoisotopic (exact) mass is 272 g/mol. The molecule has 72 valence electrons. The maximum absolute atomic E-state index is 6.00. The molecule has 0 amide bonds. The lowest BCUT2D eigenvalue weighted by atomic mass is 10.2. The average Bonchev–Trinajstić information content (AvgIpc) is 2.16. The van der Waals surface area contributed by atoms with E-state index >= 15 is 0 Å². The molecule has 1 aromatic heterocycles. The van der Waals surface area contributed by atoms with Crippen LogP contribution in [0.2, 0.25) is 5.02 Å². The zero-order chi connectivity index (χ0) is 10.1. The Bertz CT molecular complexity index is 489. The molecule has 14 heavy (non-hydrogen) atoms. The first-order valence-corrected chi connectivity index (χ1v) is 5.04. The zero-order valence-corrected chi connectivity index (χ0v) is 9.63. The number of methoxy groups -OCH3 is 1. The second-order valence-electron chi connectivity index (χ2n) is 2.69. The smallest absolute Gasteiger partial charge is 0.131 e. The molecule has 1 aromatic carbocycles. The first-order valence-electron chi connectivity index (χ1n) is 3.87. The lowest BCUT2D eigenvalue weighted by Gasteiger charge is -2.06. The summed E-state index contributed by atoms with van der Waals surface area (Å²) in [6, 6.07) is 3.69. The molecule has 0 aliphatic rings. The Morgan fingerprint density at radius 1 is 1.43 bits per heavy atom. The van der Waals surface area contributed by atoms with E-state index in [1.807, 2.05) is 12.1 Å². The Morgan fingerprint density at radius 2 is 2.21 bits per heavy atom. The van der Waals surface area contributed by atoms with Gasteiger partial charge in [0.05, 0.1) is 29.2 Å². The van der Waals surface area contributed by atoms with Gasteiger partial charge in [-0.15, -0.1) is 0 Å². The molecule has 0 unspecified atom stereocenters. The van der Waals surface area contributed by atoms with Crippen molar-refractivity contribution in [2.24, 2.45) is 0 Å². The van der Waals surface area contributed by atoms with Crippen LogP contribution in [0.3, 0.4) is 0 Å². The molecule has 0 saturated heterocycles. The van der Waals surface area contributed by atoms with Crippen molar-refractivity contribution in [2.45, 2.75) is 0 Å². The summed E-state index contributed by atoms with van der Waals surface area (Å²) >= 11 is 9.35. The van der Waals surface area contributed by atoms with Gasteiger partial charge in [-0.1, -0.05) is 27.5 Å². The summed E-state index contributed by atoms with van der Waals surface area (Å²) in [5.74, 6) is 0.689. The van der Waals surface area contributed by atoms with Crippen LogP contribution in [0.1, 0.15) is 0 Å². The van der Waals surface area contributed by atoms with E-state index in [4.69, 9.17) is 16.3 Å². The minimum Gasteiger partial charge on any atom is -0.496 e. The molecule has 5 heteroatoms. The Balaban J connectivity index is 2.88. The first-order chi connectivity index (χ1) is 6.72. The fraction of sp³-hybridized carbons (Fsp3) is 0.111. The average molecular weight is 274 g/mol. The van der Waals surface area contributed by atoms with E-state index in [-0.39, 0.29) is 0 Å². The van der Waals surface area contributed by atoms with E-state index in [2.05, 4.69) is 26.1 Å². The molecule has 1 heterocycles. The highest BCUT2D eigenvalue weighted by Crippen LogP contribution is 2.32. The van der Waals surface area contributed by atoms with Gasteiger partial charge in [-0.05, 0) is 12.1 Å². The van der Waals surface area contributed by atoms with Crippen LogP contribution in [0.15, 0.2) is 22.8 Å². The summed E-state index contributed by atoms with van der Waals surface area (Å²) in [6.45, 7) is 0. The van der Waals surface area contributed by atoms with Crippen LogP contribution in [0.25, 0.3) is 10.9 Å². The summed E-state index contributed by atoms with van der Waals surface area (Å²) in [6.07, 6.45) is 1.50. The number of aromatic nitrogens is 2. The largest absolute Gasteiger partial charge is 0.496 e. The van der Waals surface area contributed by atoms with Crippen LogP contribution in [-0.4, -0.2) is 17.3 Å². The van der Waals surface area contributed by atoms with Gasteiger partial charge in [-0.3, -0.25) is 0 Å². The third kappa shape index (κ3) is 1.55. The molecule has 2 rings (SSSR count). The molecule has 0 fully saturated rings. The molecule has 0 atom stereocenters. The number of hydrogen-bond acceptors (Lipinski definition) is 3. The summed E-state index contributed by atoms with van der Waals surface area (Å²) in [4.78, 5) is 0. The summed E-state index contributed by atoms with van der Waals surface area (Å²) in [5.41, 5.74) is 0.712. The third-order valence-electron chi connectivity index (χ3n) is 1.84. The minimum atomic E-state index is 0.541. The number of rotatable bonds is 1. The SMILES string of the molecule is COc1cc(Br)cc2nncc(Cl)c12. The molecule has 3 nitrogen and oxygen atoms in total. The maximum Gasteiger partial charge on any atom is 0.131 e. The molecule has 2 aromatic rings. The van der Waals surface area contributed by atoms with E-state index < -0.39 is 0 Å². The van der Waals surface area contributed by atoms with E-state index in [0.717, 1.165) is 9.86 Å². The van der Waals surface area contributed by atoms with Gasteiger partial charge in [-0.25, -0.2) is 0 Å². The predicted octanol–water partition coefficient (Wildman–Crippen LogP) is 3.05. The third-order valence-corrected chi connectivity index (χ3v) is 2.59. The fourth-order valence-electron chi connectivity index (χ4n) is 1.25. The van der Waals surface area contributed by atoms with Gasteiger partial charge < -0.3 is 4.74 Å². The standard InChI is InChI=1S/C9H6BrClN2O/c1-14-8-3-5(10)2-7-9(8)6(11)4-12-13-7/h2-4H,1H3. The van der Waals surface area contributed by atoms with E-state index in [1.165, 1.54) is 6.20 Å². The Morgan fingerprint density at radius 3 is 2.93 bits per heavy atom. The van der Waals surface area contributed by atoms with Gasteiger partial charge in [0.1, 0.15) is 5.75 Å². The van der Waals surface area contributed by atoms with E-state index in [1.54, 1.807) is 7.11 Å². The van der Waals surface area contributed by atoms with E-state index in [0.29, 0.717) is 16.3 Å². The Labute approximate surface area is 94.2 Å². The zero-order valence-electron chi connectivity index (χ0n) is 7.29. The lowest BCUT2D eigenvalue weighted by molar-refractivity contribution is 0.419. The maximum atomic E-state index is 6.00. The van der Waals surface area contributed by atoms with Crippen molar-refractivity contribution in [3.05, 3.63) is 27.8 Å².